The summed E-state index contributed by atoms with van der Waals surface area (Å²) in [7, 11) is 0.912. The summed E-state index contributed by atoms with van der Waals surface area (Å²) in [5.41, 5.74) is -6.74. The summed E-state index contributed by atoms with van der Waals surface area (Å²) in [5, 5.41) is 19.4. The van der Waals surface area contributed by atoms with Crippen molar-refractivity contribution in [3.8, 4) is 6.07 Å². The van der Waals surface area contributed by atoms with Crippen LogP contribution in [0, 0.1) is 21.4 Å². The van der Waals surface area contributed by atoms with Gasteiger partial charge in [-0.1, -0.05) is 0 Å². The number of nitro groups is 1. The molecule has 0 spiro atoms. The number of halogens is 3. The molecule has 0 atom stereocenters. The van der Waals surface area contributed by atoms with Crippen molar-refractivity contribution in [3.05, 3.63) is 33.4 Å². The van der Waals surface area contributed by atoms with E-state index in [1.54, 1.807) is 0 Å². The first-order valence-electron chi connectivity index (χ1n) is 4.76. The number of hydrogen-bond donors (Lipinski definition) is 0. The number of methoxy groups -OCH3 is 1. The summed E-state index contributed by atoms with van der Waals surface area (Å²) < 4.78 is 41.6. The minimum atomic E-state index is -4.76. The number of nitro benzene ring substituents is 1. The van der Waals surface area contributed by atoms with Crippen LogP contribution in [-0.2, 0) is 4.74 Å². The fourth-order valence-corrected chi connectivity index (χ4v) is 1.99. The first-order valence-corrected chi connectivity index (χ1v) is 5.58. The number of thioether (sulfide) groups is 1. The molecule has 10 heteroatoms. The van der Waals surface area contributed by atoms with E-state index in [2.05, 4.69) is 4.74 Å². The van der Waals surface area contributed by atoms with Crippen LogP contribution in [0.25, 0.3) is 0 Å². The maximum atomic E-state index is 12.4. The number of non-ortho nitro benzene ring substituents is 1. The zero-order chi connectivity index (χ0) is 15.5. The second-order valence-electron chi connectivity index (χ2n) is 3.28. The van der Waals surface area contributed by atoms with Gasteiger partial charge in [-0.05, 0) is 11.8 Å². The number of ether oxygens (including phenoxy) is 1. The highest BCUT2D eigenvalue weighted by Gasteiger charge is 2.34. The molecule has 0 aliphatic rings. The van der Waals surface area contributed by atoms with E-state index in [4.69, 9.17) is 5.26 Å². The number of alkyl halides is 3. The molecule has 0 aromatic heterocycles. The normalized spacial score (nSPS) is 10.8. The van der Waals surface area contributed by atoms with Gasteiger partial charge in [0.15, 0.2) is 0 Å². The maximum absolute atomic E-state index is 12.4. The monoisotopic (exact) mass is 306 g/mol. The van der Waals surface area contributed by atoms with E-state index in [9.17, 15) is 28.1 Å². The van der Waals surface area contributed by atoms with Crippen LogP contribution in [0.2, 0.25) is 0 Å². The third kappa shape index (κ3) is 3.61. The summed E-state index contributed by atoms with van der Waals surface area (Å²) in [4.78, 5) is 20.4. The molecule has 0 bridgehead atoms. The summed E-state index contributed by atoms with van der Waals surface area (Å²) in [6, 6.07) is 2.71. The highest BCUT2D eigenvalue weighted by Crippen LogP contribution is 2.41. The summed E-state index contributed by atoms with van der Waals surface area (Å²) in [5.74, 6) is -1.20. The largest absolute Gasteiger partial charge is 0.465 e. The number of rotatable bonds is 3. The Kier molecular flexibility index (Phi) is 4.57. The molecule has 0 aliphatic heterocycles. The van der Waals surface area contributed by atoms with Crippen LogP contribution < -0.4 is 0 Å². The van der Waals surface area contributed by atoms with E-state index < -0.39 is 49.9 Å². The molecule has 0 saturated heterocycles. The first kappa shape index (κ1) is 15.8. The highest BCUT2D eigenvalue weighted by atomic mass is 32.2. The molecule has 1 rings (SSSR count). The Morgan fingerprint density at radius 1 is 1.50 bits per heavy atom. The summed E-state index contributed by atoms with van der Waals surface area (Å²) in [6.07, 6.45) is 0. The van der Waals surface area contributed by atoms with Gasteiger partial charge in [-0.25, -0.2) is 4.79 Å². The zero-order valence-electron chi connectivity index (χ0n) is 9.72. The number of nitriles is 1. The number of hydrogen-bond acceptors (Lipinski definition) is 6. The van der Waals surface area contributed by atoms with Gasteiger partial charge in [-0.3, -0.25) is 10.1 Å². The Morgan fingerprint density at radius 2 is 2.10 bits per heavy atom. The zero-order valence-corrected chi connectivity index (χ0v) is 10.5. The van der Waals surface area contributed by atoms with Crippen molar-refractivity contribution in [2.75, 3.05) is 7.11 Å². The molecule has 0 unspecified atom stereocenters. The van der Waals surface area contributed by atoms with Crippen molar-refractivity contribution in [2.45, 2.75) is 10.4 Å². The molecule has 0 aliphatic carbocycles. The van der Waals surface area contributed by atoms with Gasteiger partial charge in [-0.2, -0.15) is 18.4 Å². The van der Waals surface area contributed by atoms with Gasteiger partial charge in [0.1, 0.15) is 6.07 Å². The predicted molar refractivity (Wildman–Crippen MR) is 61.1 cm³/mol. The summed E-state index contributed by atoms with van der Waals surface area (Å²) in [6.45, 7) is 0. The summed E-state index contributed by atoms with van der Waals surface area (Å²) >= 11 is -0.703. The number of esters is 1. The predicted octanol–water partition coefficient (Wildman–Crippen LogP) is 2.86. The first-order chi connectivity index (χ1) is 9.19. The topological polar surface area (TPSA) is 93.2 Å². The van der Waals surface area contributed by atoms with Crippen molar-refractivity contribution in [3.63, 3.8) is 0 Å². The third-order valence-corrected chi connectivity index (χ3v) is 2.90. The van der Waals surface area contributed by atoms with Crippen molar-refractivity contribution in [1.29, 1.82) is 5.26 Å². The van der Waals surface area contributed by atoms with Crippen LogP contribution in [0.4, 0.5) is 18.9 Å². The molecular formula is C10H5F3N2O4S. The lowest BCUT2D eigenvalue weighted by Gasteiger charge is -2.11. The minimum absolute atomic E-state index is 0.623. The van der Waals surface area contributed by atoms with Crippen molar-refractivity contribution < 1.29 is 27.6 Å². The second kappa shape index (κ2) is 5.79. The van der Waals surface area contributed by atoms with E-state index in [0.717, 1.165) is 7.11 Å². The van der Waals surface area contributed by atoms with Crippen LogP contribution in [0.5, 0.6) is 0 Å². The van der Waals surface area contributed by atoms with Gasteiger partial charge in [0.05, 0.1) is 23.2 Å². The highest BCUT2D eigenvalue weighted by molar-refractivity contribution is 8.00. The van der Waals surface area contributed by atoms with Gasteiger partial charge < -0.3 is 4.74 Å². The number of carbonyl (C=O) groups is 1. The molecule has 106 valence electrons. The van der Waals surface area contributed by atoms with Crippen molar-refractivity contribution >= 4 is 23.4 Å². The van der Waals surface area contributed by atoms with Crippen LogP contribution in [0.1, 0.15) is 15.9 Å². The molecule has 1 aromatic carbocycles. The van der Waals surface area contributed by atoms with Crippen molar-refractivity contribution in [2.24, 2.45) is 0 Å². The Bertz CT molecular complexity index is 610. The molecule has 0 radical (unpaired) electrons. The lowest BCUT2D eigenvalue weighted by Crippen LogP contribution is -2.09. The molecule has 6 nitrogen and oxygen atoms in total. The number of carbonyl (C=O) groups excluding carboxylic acids is 1. The molecule has 0 heterocycles. The Balaban J connectivity index is 3.57. The smallest absolute Gasteiger partial charge is 0.446 e. The van der Waals surface area contributed by atoms with Gasteiger partial charge >= 0.3 is 11.5 Å². The van der Waals surface area contributed by atoms with Crippen LogP contribution >= 0.6 is 11.8 Å². The molecule has 0 saturated carbocycles. The Morgan fingerprint density at radius 3 is 2.50 bits per heavy atom. The van der Waals surface area contributed by atoms with E-state index in [0.29, 0.717) is 12.1 Å². The van der Waals surface area contributed by atoms with E-state index >= 15 is 0 Å². The standard InChI is InChI=1S/C10H5F3N2O4S/c1-19-9(16)7-3-6(15(17)18)2-5(4-14)8(7)20-10(11,12)13/h2-3H,1H3. The maximum Gasteiger partial charge on any atom is 0.446 e. The quantitative estimate of drug-likeness (QED) is 0.369. The Hall–Kier alpha value is -2.28. The fourth-order valence-electron chi connectivity index (χ4n) is 1.29. The van der Waals surface area contributed by atoms with Crippen molar-refractivity contribution in [1.82, 2.24) is 0 Å². The molecule has 20 heavy (non-hydrogen) atoms. The molecular weight excluding hydrogens is 301 g/mol. The van der Waals surface area contributed by atoms with E-state index in [1.165, 1.54) is 6.07 Å². The molecule has 0 N–H and O–H groups in total. The van der Waals surface area contributed by atoms with Crippen LogP contribution in [-0.4, -0.2) is 23.5 Å². The number of nitrogens with zero attached hydrogens (tertiary/aromatic N) is 2. The van der Waals surface area contributed by atoms with Gasteiger partial charge in [-0.15, -0.1) is 0 Å². The third-order valence-electron chi connectivity index (χ3n) is 2.03. The molecule has 0 amide bonds. The van der Waals surface area contributed by atoms with E-state index in [1.807, 2.05) is 0 Å². The van der Waals surface area contributed by atoms with E-state index in [-0.39, 0.29) is 0 Å². The Labute approximate surface area is 114 Å². The lowest BCUT2D eigenvalue weighted by atomic mass is 10.1. The molecule has 0 fully saturated rings. The van der Waals surface area contributed by atoms with Crippen LogP contribution in [0.15, 0.2) is 17.0 Å². The number of benzene rings is 1. The van der Waals surface area contributed by atoms with Gasteiger partial charge in [0, 0.05) is 17.0 Å². The SMILES string of the molecule is COC(=O)c1cc([N+](=O)[O-])cc(C#N)c1SC(F)(F)F. The fraction of sp³-hybridized carbons (Fsp3) is 0.200. The minimum Gasteiger partial charge on any atom is -0.465 e. The van der Waals surface area contributed by atoms with Gasteiger partial charge in [0.2, 0.25) is 0 Å². The average molecular weight is 306 g/mol. The molecule has 1 aromatic rings. The average Bonchev–Trinajstić information content (AvgIpc) is 2.35. The second-order valence-corrected chi connectivity index (χ2v) is 4.35. The lowest BCUT2D eigenvalue weighted by molar-refractivity contribution is -0.385. The van der Waals surface area contributed by atoms with Gasteiger partial charge in [0.25, 0.3) is 5.69 Å². The van der Waals surface area contributed by atoms with Crippen LogP contribution in [0.3, 0.4) is 0 Å².